The van der Waals surface area contributed by atoms with Crippen LogP contribution in [0.5, 0.6) is 11.5 Å². The van der Waals surface area contributed by atoms with Crippen molar-refractivity contribution in [1.29, 1.82) is 0 Å². The molecule has 0 saturated carbocycles. The zero-order chi connectivity index (χ0) is 61.6. The largest absolute Gasteiger partial charge is 0.767 e. The fourth-order valence-electron chi connectivity index (χ4n) is 7.91. The lowest BCUT2D eigenvalue weighted by atomic mass is 9.84. The average Bonchev–Trinajstić information content (AvgIpc) is 3.63. The molecular weight excluding hydrogens is 1150 g/mol. The van der Waals surface area contributed by atoms with Gasteiger partial charge in [0, 0.05) is 82.2 Å². The molecule has 0 bridgehead atoms. The monoisotopic (exact) mass is 1260 g/mol. The molecule has 84 heavy (non-hydrogen) atoms. The van der Waals surface area contributed by atoms with Gasteiger partial charge in [-0.15, -0.1) is 0 Å². The summed E-state index contributed by atoms with van der Waals surface area (Å²) in [6.45, 7) is 36.0. The Labute approximate surface area is 507 Å². The standard InChI is InChI=1S/C22H37NO8Si.C16H33NO6Si.C14H27NO4.C4H10O3Si.CH4/c1-5-22(16-25-17-22)18-26-31-20-12-10-19(11-13-20)30-21(24)23-14-9-15-32(27-6-2,28-7-3)29-8-4;1-5-16(12-19-13-16)14-20-15(18)17-10-9-11-24(21-6-2,22-7-3)23-8-4;1-3-5-6-7-15-13(16)19-9-8-17-10-14(4-2)11-18-12-14;1-3-6-8(5)7-4-2;/h10-13H,5-9,14-18H2,1-4H3,(H,23,24);5-14H2,1-4H3,(H,17,18);3-12H2,1-2H3,(H,15,16);3-4H2,1-2H3;1H4. The molecule has 3 fully saturated rings. The van der Waals surface area contributed by atoms with Crippen LogP contribution in [0.25, 0.3) is 0 Å². The number of rotatable bonds is 43. The number of amides is 3. The van der Waals surface area contributed by atoms with Gasteiger partial charge in [0.05, 0.1) is 71.5 Å². The molecule has 3 saturated heterocycles. The van der Waals surface area contributed by atoms with Crippen LogP contribution < -0.4 is 25.6 Å². The third kappa shape index (κ3) is 34.1. The fourth-order valence-corrected chi connectivity index (χ4v) is 13.7. The van der Waals surface area contributed by atoms with Crippen LogP contribution in [0.15, 0.2) is 24.3 Å². The summed E-state index contributed by atoms with van der Waals surface area (Å²) in [6, 6.07) is 7.97. The summed E-state index contributed by atoms with van der Waals surface area (Å²) in [4.78, 5) is 45.8. The van der Waals surface area contributed by atoms with E-state index in [2.05, 4.69) is 52.5 Å². The first-order valence-electron chi connectivity index (χ1n) is 30.2. The molecule has 3 amide bonds. The molecule has 24 nitrogen and oxygen atoms in total. The lowest BCUT2D eigenvalue weighted by Crippen LogP contribution is -2.47. The third-order valence-corrected chi connectivity index (χ3v) is 20.6. The van der Waals surface area contributed by atoms with Crippen LogP contribution >= 0.6 is 0 Å². The summed E-state index contributed by atoms with van der Waals surface area (Å²) < 4.78 is 91.2. The summed E-state index contributed by atoms with van der Waals surface area (Å²) >= 11 is 0. The SMILES string of the molecule is C.CCCCCNC(=O)OCCOCC1(CC)COC1.CCO[Si](=O)OCC.CCO[Si](CCCNC(=O)OCC1(CC)COC1)(OCC)OCC.CCO[Si](CCCNC(=O)Oc1ccc(OOCC2(CC)COC2)cc1)(OCC)OCC. The fraction of sp³-hybridized carbons (Fsp3) is 0.842. The zero-order valence-electron chi connectivity index (χ0n) is 52.5. The number of carbonyl (C=O) groups excluding carboxylic acids is 3. The number of hydrogen-bond acceptors (Lipinski definition) is 21. The number of nitrogens with one attached hydrogen (secondary N) is 3. The smallest absolute Gasteiger partial charge is 0.496 e. The van der Waals surface area contributed by atoms with E-state index < -0.39 is 32.9 Å². The van der Waals surface area contributed by atoms with Crippen LogP contribution in [-0.4, -0.2) is 190 Å². The Kier molecular flexibility index (Phi) is 46.4. The van der Waals surface area contributed by atoms with Crippen molar-refractivity contribution in [3.8, 4) is 11.5 Å². The maximum atomic E-state index is 12.1. The molecule has 4 rings (SSSR count). The highest BCUT2D eigenvalue weighted by atomic mass is 28.4. The van der Waals surface area contributed by atoms with Gasteiger partial charge in [-0.2, -0.15) is 4.89 Å². The van der Waals surface area contributed by atoms with Gasteiger partial charge in [0.15, 0.2) is 5.75 Å². The van der Waals surface area contributed by atoms with Crippen LogP contribution in [0.1, 0.15) is 142 Å². The Hall–Kier alpha value is -3.56. The Balaban J connectivity index is 0.00000118. The van der Waals surface area contributed by atoms with E-state index in [1.165, 1.54) is 0 Å². The minimum Gasteiger partial charge on any atom is -0.496 e. The van der Waals surface area contributed by atoms with Gasteiger partial charge < -0.3 is 89.4 Å². The first kappa shape index (κ1) is 80.4. The molecule has 0 spiro atoms. The van der Waals surface area contributed by atoms with Gasteiger partial charge >= 0.3 is 45.1 Å². The number of hydrogen-bond donors (Lipinski definition) is 3. The molecule has 27 heteroatoms. The molecule has 0 aliphatic carbocycles. The molecule has 3 aliphatic rings. The molecule has 0 unspecified atom stereocenters. The molecule has 0 radical (unpaired) electrons. The van der Waals surface area contributed by atoms with Gasteiger partial charge in [0.25, 0.3) is 0 Å². The van der Waals surface area contributed by atoms with E-state index in [-0.39, 0.29) is 35.9 Å². The average molecular weight is 1260 g/mol. The van der Waals surface area contributed by atoms with E-state index in [0.717, 1.165) is 58.2 Å². The van der Waals surface area contributed by atoms with Crippen LogP contribution in [0.4, 0.5) is 14.4 Å². The van der Waals surface area contributed by atoms with Gasteiger partial charge in [0.1, 0.15) is 25.6 Å². The second-order valence-corrected chi connectivity index (χ2v) is 26.3. The van der Waals surface area contributed by atoms with Crippen LogP contribution in [0.3, 0.4) is 0 Å². The minimum atomic E-state index is -2.70. The van der Waals surface area contributed by atoms with E-state index in [9.17, 15) is 18.8 Å². The number of alkyl carbamates (subject to hydrolysis) is 2. The normalized spacial score (nSPS) is 15.0. The molecule has 3 aliphatic heterocycles. The van der Waals surface area contributed by atoms with Crippen molar-refractivity contribution in [2.75, 3.05) is 145 Å². The Morgan fingerprint density at radius 3 is 1.27 bits per heavy atom. The zero-order valence-corrected chi connectivity index (χ0v) is 55.5. The Bertz CT molecular complexity index is 1760. The van der Waals surface area contributed by atoms with Crippen molar-refractivity contribution < 1.29 is 97.2 Å². The Morgan fingerprint density at radius 1 is 0.488 bits per heavy atom. The van der Waals surface area contributed by atoms with Crippen molar-refractivity contribution in [1.82, 2.24) is 16.0 Å². The highest BCUT2D eigenvalue weighted by Crippen LogP contribution is 2.33. The van der Waals surface area contributed by atoms with Crippen molar-refractivity contribution in [2.24, 2.45) is 16.2 Å². The summed E-state index contributed by atoms with van der Waals surface area (Å²) in [5.41, 5.74) is 0.262. The maximum Gasteiger partial charge on any atom is 0.767 e. The van der Waals surface area contributed by atoms with Crippen LogP contribution in [0, 0.1) is 16.2 Å². The van der Waals surface area contributed by atoms with Gasteiger partial charge in [-0.3, -0.25) is 4.46 Å². The predicted octanol–water partition coefficient (Wildman–Crippen LogP) is 9.99. The maximum absolute atomic E-state index is 12.1. The lowest BCUT2D eigenvalue weighted by Gasteiger charge is -2.40. The quantitative estimate of drug-likeness (QED) is 0.0238. The number of carbonyl (C=O) groups is 3. The molecule has 3 heterocycles. The van der Waals surface area contributed by atoms with E-state index in [1.807, 2.05) is 41.5 Å². The summed E-state index contributed by atoms with van der Waals surface area (Å²) in [5.74, 6) is 0.947. The topological polar surface area (TPSA) is 261 Å². The first-order chi connectivity index (χ1) is 40.1. The minimum absolute atomic E-state index is 0. The van der Waals surface area contributed by atoms with Crippen molar-refractivity contribution >= 4 is 45.1 Å². The van der Waals surface area contributed by atoms with Crippen LogP contribution in [-0.2, 0) is 73.2 Å². The lowest BCUT2D eigenvalue weighted by molar-refractivity contribution is -0.264. The molecule has 492 valence electrons. The Morgan fingerprint density at radius 2 is 0.881 bits per heavy atom. The van der Waals surface area contributed by atoms with E-state index in [0.29, 0.717) is 162 Å². The predicted molar refractivity (Wildman–Crippen MR) is 323 cm³/mol. The van der Waals surface area contributed by atoms with Gasteiger partial charge in [-0.05, 0) is 118 Å². The number of unbranched alkanes of at least 4 members (excludes halogenated alkanes) is 2. The van der Waals surface area contributed by atoms with Crippen molar-refractivity contribution in [3.05, 3.63) is 24.3 Å². The summed E-state index contributed by atoms with van der Waals surface area (Å²) in [6.07, 6.45) is 6.39. The third-order valence-electron chi connectivity index (χ3n) is 13.3. The van der Waals surface area contributed by atoms with E-state index >= 15 is 0 Å². The summed E-state index contributed by atoms with van der Waals surface area (Å²) in [5, 5.41) is 8.24. The highest BCUT2D eigenvalue weighted by molar-refractivity contribution is 6.61. The first-order valence-corrected chi connectivity index (χ1v) is 35.3. The van der Waals surface area contributed by atoms with E-state index in [4.69, 9.17) is 69.5 Å². The van der Waals surface area contributed by atoms with Gasteiger partial charge in [0.2, 0.25) is 0 Å². The van der Waals surface area contributed by atoms with Gasteiger partial charge in [-0.1, -0.05) is 48.0 Å². The highest BCUT2D eigenvalue weighted by Gasteiger charge is 2.42. The molecular formula is C57H111N3O21Si3. The summed E-state index contributed by atoms with van der Waals surface area (Å²) in [7, 11) is -7.47. The molecule has 1 aromatic rings. The second-order valence-electron chi connectivity index (χ2n) is 19.8. The number of ether oxygens (including phenoxy) is 7. The molecule has 0 aromatic heterocycles. The number of benzene rings is 1. The van der Waals surface area contributed by atoms with Crippen molar-refractivity contribution in [2.45, 2.75) is 154 Å². The molecule has 0 atom stereocenters. The second kappa shape index (κ2) is 48.5. The van der Waals surface area contributed by atoms with E-state index in [1.54, 1.807) is 38.1 Å². The van der Waals surface area contributed by atoms with Crippen molar-refractivity contribution in [3.63, 3.8) is 0 Å². The molecule has 3 N–H and O–H groups in total. The van der Waals surface area contributed by atoms with Gasteiger partial charge in [-0.25, -0.2) is 14.4 Å². The molecule has 1 aromatic carbocycles. The van der Waals surface area contributed by atoms with Crippen LogP contribution in [0.2, 0.25) is 12.1 Å².